The molecule has 0 fully saturated rings. The lowest BCUT2D eigenvalue weighted by molar-refractivity contribution is 0.0941. The number of hydrogen-bond donors (Lipinski definition) is 1. The van der Waals surface area contributed by atoms with Gasteiger partial charge in [-0.2, -0.15) is 0 Å². The summed E-state index contributed by atoms with van der Waals surface area (Å²) < 4.78 is 14.5. The second kappa shape index (κ2) is 6.56. The first-order chi connectivity index (χ1) is 9.90. The van der Waals surface area contributed by atoms with Crippen molar-refractivity contribution in [3.05, 3.63) is 35.0 Å². The maximum absolute atomic E-state index is 13.7. The van der Waals surface area contributed by atoms with Crippen LogP contribution in [0.3, 0.4) is 0 Å². The average Bonchev–Trinajstić information content (AvgIpc) is 2.83. The van der Waals surface area contributed by atoms with Gasteiger partial charge in [-0.3, -0.25) is 4.79 Å². The third-order valence-corrected chi connectivity index (χ3v) is 5.04. The van der Waals surface area contributed by atoms with Crippen LogP contribution in [-0.4, -0.2) is 12.5 Å². The van der Waals surface area contributed by atoms with E-state index in [1.54, 1.807) is 12.1 Å². The van der Waals surface area contributed by atoms with Crippen molar-refractivity contribution >= 4 is 27.3 Å². The molecule has 2 aromatic rings. The zero-order valence-electron chi connectivity index (χ0n) is 12.9. The molecule has 0 atom stereocenters. The van der Waals surface area contributed by atoms with E-state index in [-0.39, 0.29) is 11.7 Å². The highest BCUT2D eigenvalue weighted by Crippen LogP contribution is 2.27. The van der Waals surface area contributed by atoms with Gasteiger partial charge < -0.3 is 5.32 Å². The zero-order chi connectivity index (χ0) is 15.6. The maximum Gasteiger partial charge on any atom is 0.261 e. The van der Waals surface area contributed by atoms with Gasteiger partial charge in [0, 0.05) is 16.6 Å². The highest BCUT2D eigenvalue weighted by atomic mass is 32.1. The molecule has 114 valence electrons. The van der Waals surface area contributed by atoms with Crippen molar-refractivity contribution in [3.63, 3.8) is 0 Å². The van der Waals surface area contributed by atoms with E-state index in [0.29, 0.717) is 34.6 Å². The first-order valence-electron chi connectivity index (χ1n) is 7.36. The van der Waals surface area contributed by atoms with E-state index >= 15 is 0 Å². The molecule has 4 heteroatoms. The minimum absolute atomic E-state index is 0.109. The Labute approximate surface area is 129 Å². The van der Waals surface area contributed by atoms with Gasteiger partial charge >= 0.3 is 0 Å². The van der Waals surface area contributed by atoms with E-state index in [1.165, 1.54) is 17.4 Å². The summed E-state index contributed by atoms with van der Waals surface area (Å²) in [7, 11) is 0. The number of nitrogens with one attached hydrogen (secondary N) is 1. The highest BCUT2D eigenvalue weighted by Gasteiger charge is 2.19. The molecule has 0 saturated heterocycles. The van der Waals surface area contributed by atoms with Crippen LogP contribution in [0.25, 0.3) is 10.1 Å². The molecule has 1 amide bonds. The van der Waals surface area contributed by atoms with Crippen molar-refractivity contribution in [3.8, 4) is 0 Å². The number of halogens is 1. The Hall–Kier alpha value is -1.42. The molecule has 1 heterocycles. The van der Waals surface area contributed by atoms with Crippen molar-refractivity contribution < 1.29 is 9.18 Å². The minimum Gasteiger partial charge on any atom is -0.351 e. The van der Waals surface area contributed by atoms with Crippen LogP contribution in [0.1, 0.15) is 37.4 Å². The van der Waals surface area contributed by atoms with Crippen LogP contribution in [0.2, 0.25) is 0 Å². The fraction of sp³-hybridized carbons (Fsp3) is 0.471. The number of benzene rings is 1. The predicted octanol–water partition coefficient (Wildman–Crippen LogP) is 4.70. The highest BCUT2D eigenvalue weighted by molar-refractivity contribution is 7.20. The van der Waals surface area contributed by atoms with Crippen LogP contribution in [0, 0.1) is 23.6 Å². The van der Waals surface area contributed by atoms with Gasteiger partial charge in [-0.25, -0.2) is 4.39 Å². The molecular weight excluding hydrogens is 285 g/mol. The smallest absolute Gasteiger partial charge is 0.261 e. The third kappa shape index (κ3) is 3.62. The molecule has 0 aliphatic rings. The molecule has 0 bridgehead atoms. The molecule has 2 rings (SSSR count). The van der Waals surface area contributed by atoms with Crippen LogP contribution in [0.15, 0.2) is 24.3 Å². The van der Waals surface area contributed by atoms with E-state index in [2.05, 4.69) is 33.0 Å². The number of thiophene rings is 1. The molecule has 2 nitrogen and oxygen atoms in total. The molecule has 0 radical (unpaired) electrons. The fourth-order valence-electron chi connectivity index (χ4n) is 2.68. The standard InChI is InChI=1S/C17H22FNOS/c1-10(2)13(11(3)4)9-19-17(20)16-8-12-14(18)6-5-7-15(12)21-16/h5-8,10-11,13H,9H2,1-4H3,(H,19,20). The summed E-state index contributed by atoms with van der Waals surface area (Å²) in [6.07, 6.45) is 0. The molecule has 21 heavy (non-hydrogen) atoms. The maximum atomic E-state index is 13.7. The second-order valence-electron chi connectivity index (χ2n) is 6.12. The van der Waals surface area contributed by atoms with Gasteiger partial charge in [0.05, 0.1) is 4.88 Å². The Bertz CT molecular complexity index is 625. The molecule has 0 saturated carbocycles. The average molecular weight is 307 g/mol. The van der Waals surface area contributed by atoms with Gasteiger partial charge in [-0.05, 0) is 36.0 Å². The lowest BCUT2D eigenvalue weighted by Crippen LogP contribution is -2.33. The summed E-state index contributed by atoms with van der Waals surface area (Å²) in [6.45, 7) is 9.35. The number of carbonyl (C=O) groups is 1. The predicted molar refractivity (Wildman–Crippen MR) is 87.3 cm³/mol. The number of rotatable bonds is 5. The topological polar surface area (TPSA) is 29.1 Å². The summed E-state index contributed by atoms with van der Waals surface area (Å²) in [5.74, 6) is 1.10. The summed E-state index contributed by atoms with van der Waals surface area (Å²) in [5, 5.41) is 3.52. The third-order valence-electron chi connectivity index (χ3n) is 3.94. The largest absolute Gasteiger partial charge is 0.351 e. The molecule has 1 aromatic heterocycles. The Balaban J connectivity index is 2.10. The summed E-state index contributed by atoms with van der Waals surface area (Å²) >= 11 is 1.34. The first kappa shape index (κ1) is 16.0. The number of hydrogen-bond acceptors (Lipinski definition) is 2. The van der Waals surface area contributed by atoms with E-state index in [1.807, 2.05) is 6.07 Å². The van der Waals surface area contributed by atoms with Gasteiger partial charge in [-0.1, -0.05) is 33.8 Å². The van der Waals surface area contributed by atoms with E-state index < -0.39 is 0 Å². The van der Waals surface area contributed by atoms with Crippen LogP contribution >= 0.6 is 11.3 Å². The van der Waals surface area contributed by atoms with Gasteiger partial charge in [0.2, 0.25) is 0 Å². The summed E-state index contributed by atoms with van der Waals surface area (Å²) in [6, 6.07) is 6.57. The van der Waals surface area contributed by atoms with Crippen molar-refractivity contribution in [2.45, 2.75) is 27.7 Å². The van der Waals surface area contributed by atoms with E-state index in [0.717, 1.165) is 4.70 Å². The van der Waals surface area contributed by atoms with Crippen molar-refractivity contribution in [2.24, 2.45) is 17.8 Å². The molecule has 1 aromatic carbocycles. The lowest BCUT2D eigenvalue weighted by Gasteiger charge is -2.24. The summed E-state index contributed by atoms with van der Waals surface area (Å²) in [5.41, 5.74) is 0. The monoisotopic (exact) mass is 307 g/mol. The minimum atomic E-state index is -0.273. The first-order valence-corrected chi connectivity index (χ1v) is 8.18. The van der Waals surface area contributed by atoms with E-state index in [4.69, 9.17) is 0 Å². The SMILES string of the molecule is CC(C)C(CNC(=O)c1cc2c(F)cccc2s1)C(C)C. The molecule has 1 N–H and O–H groups in total. The quantitative estimate of drug-likeness (QED) is 0.852. The van der Waals surface area contributed by atoms with Crippen molar-refractivity contribution in [1.29, 1.82) is 0 Å². The van der Waals surface area contributed by atoms with Gasteiger partial charge in [0.15, 0.2) is 0 Å². The molecular formula is C17H22FNOS. The van der Waals surface area contributed by atoms with Crippen molar-refractivity contribution in [1.82, 2.24) is 5.32 Å². The van der Waals surface area contributed by atoms with Gasteiger partial charge in [0.1, 0.15) is 5.82 Å². The Morgan fingerprint density at radius 3 is 2.48 bits per heavy atom. The zero-order valence-corrected chi connectivity index (χ0v) is 13.8. The lowest BCUT2D eigenvalue weighted by atomic mass is 9.85. The molecule has 0 aliphatic carbocycles. The molecule has 0 aliphatic heterocycles. The number of fused-ring (bicyclic) bond motifs is 1. The second-order valence-corrected chi connectivity index (χ2v) is 7.21. The van der Waals surface area contributed by atoms with Gasteiger partial charge in [-0.15, -0.1) is 11.3 Å². The number of amides is 1. The number of carbonyl (C=O) groups excluding carboxylic acids is 1. The molecule has 0 spiro atoms. The fourth-order valence-corrected chi connectivity index (χ4v) is 3.67. The van der Waals surface area contributed by atoms with Crippen molar-refractivity contribution in [2.75, 3.05) is 6.54 Å². The Kier molecular flexibility index (Phi) is 4.99. The summed E-state index contributed by atoms with van der Waals surface area (Å²) in [4.78, 5) is 12.8. The Morgan fingerprint density at radius 1 is 1.24 bits per heavy atom. The van der Waals surface area contributed by atoms with Gasteiger partial charge in [0.25, 0.3) is 5.91 Å². The van der Waals surface area contributed by atoms with E-state index in [9.17, 15) is 9.18 Å². The van der Waals surface area contributed by atoms with Crippen LogP contribution in [0.4, 0.5) is 4.39 Å². The van der Waals surface area contributed by atoms with Crippen LogP contribution in [0.5, 0.6) is 0 Å². The molecule has 0 unspecified atom stereocenters. The van der Waals surface area contributed by atoms with Crippen LogP contribution < -0.4 is 5.32 Å². The normalized spacial score (nSPS) is 11.8. The Morgan fingerprint density at radius 2 is 1.90 bits per heavy atom. The van der Waals surface area contributed by atoms with Crippen LogP contribution in [-0.2, 0) is 0 Å².